The van der Waals surface area contributed by atoms with Gasteiger partial charge in [0.05, 0.1) is 0 Å². The molecule has 1 aromatic carbocycles. The van der Waals surface area contributed by atoms with Gasteiger partial charge in [-0.1, -0.05) is 18.2 Å². The molecule has 0 saturated heterocycles. The largest absolute Gasteiger partial charge is 0.375 e. The van der Waals surface area contributed by atoms with E-state index in [1.54, 1.807) is 0 Å². The van der Waals surface area contributed by atoms with Crippen molar-refractivity contribution < 1.29 is 4.79 Å². The summed E-state index contributed by atoms with van der Waals surface area (Å²) >= 11 is 0. The van der Waals surface area contributed by atoms with Crippen molar-refractivity contribution in [2.24, 2.45) is 0 Å². The molecule has 0 aliphatic carbocycles. The van der Waals surface area contributed by atoms with Gasteiger partial charge in [0.2, 0.25) is 11.9 Å². The van der Waals surface area contributed by atoms with Crippen LogP contribution < -0.4 is 16.0 Å². The number of para-hydroxylation sites is 1. The van der Waals surface area contributed by atoms with E-state index in [2.05, 4.69) is 32.4 Å². The van der Waals surface area contributed by atoms with Crippen LogP contribution in [0.2, 0.25) is 0 Å². The Labute approximate surface area is 123 Å². The Morgan fingerprint density at radius 2 is 2.14 bits per heavy atom. The van der Waals surface area contributed by atoms with Gasteiger partial charge in [0.1, 0.15) is 12.9 Å². The van der Waals surface area contributed by atoms with Crippen molar-refractivity contribution in [1.82, 2.24) is 20.1 Å². The lowest BCUT2D eigenvalue weighted by molar-refractivity contribution is -0.121. The lowest BCUT2D eigenvalue weighted by Crippen LogP contribution is -2.30. The van der Waals surface area contributed by atoms with E-state index in [-0.39, 0.29) is 18.4 Å². The zero-order valence-corrected chi connectivity index (χ0v) is 12.1. The highest BCUT2D eigenvalue weighted by Gasteiger charge is 2.04. The zero-order chi connectivity index (χ0) is 15.1. The summed E-state index contributed by atoms with van der Waals surface area (Å²) in [5.41, 5.74) is 6.55. The van der Waals surface area contributed by atoms with Crippen LogP contribution in [0.1, 0.15) is 6.42 Å². The number of rotatable bonds is 7. The van der Waals surface area contributed by atoms with Gasteiger partial charge in [-0.2, -0.15) is 0 Å². The van der Waals surface area contributed by atoms with Crippen molar-refractivity contribution in [3.63, 3.8) is 0 Å². The third-order valence-electron chi connectivity index (χ3n) is 3.05. The number of carbonyl (C=O) groups is 1. The molecule has 0 fully saturated rings. The minimum atomic E-state index is -0.0951. The van der Waals surface area contributed by atoms with Crippen LogP contribution in [0.25, 0.3) is 0 Å². The third-order valence-corrected chi connectivity index (χ3v) is 3.05. The number of nitrogens with one attached hydrogen (secondary N) is 1. The number of carbonyl (C=O) groups excluding carboxylic acids is 1. The Bertz CT molecular complexity index is 568. The molecular formula is C14H20N6O. The molecular weight excluding hydrogens is 268 g/mol. The molecule has 0 spiro atoms. The van der Waals surface area contributed by atoms with Crippen LogP contribution in [-0.2, 0) is 11.3 Å². The zero-order valence-electron chi connectivity index (χ0n) is 12.1. The fourth-order valence-corrected chi connectivity index (χ4v) is 1.94. The summed E-state index contributed by atoms with van der Waals surface area (Å²) in [5, 5.41) is 6.71. The van der Waals surface area contributed by atoms with Crippen LogP contribution in [-0.4, -0.2) is 40.8 Å². The molecule has 0 bridgehead atoms. The SMILES string of the molecule is CN(CCCNC(=O)Cn1cnc(N)n1)c1ccccc1. The number of hydrogen-bond acceptors (Lipinski definition) is 5. The van der Waals surface area contributed by atoms with Gasteiger partial charge in [0.25, 0.3) is 0 Å². The van der Waals surface area contributed by atoms with Gasteiger partial charge < -0.3 is 16.0 Å². The first kappa shape index (κ1) is 14.8. The molecule has 1 amide bonds. The number of anilines is 2. The molecule has 1 aromatic heterocycles. The van der Waals surface area contributed by atoms with E-state index >= 15 is 0 Å². The minimum absolute atomic E-state index is 0.0951. The molecule has 2 aromatic rings. The number of nitrogen functional groups attached to an aromatic ring is 1. The molecule has 0 aliphatic heterocycles. The molecule has 0 saturated carbocycles. The van der Waals surface area contributed by atoms with Gasteiger partial charge in [0, 0.05) is 25.8 Å². The fraction of sp³-hybridized carbons (Fsp3) is 0.357. The van der Waals surface area contributed by atoms with Crippen molar-refractivity contribution in [2.45, 2.75) is 13.0 Å². The third kappa shape index (κ3) is 4.79. The van der Waals surface area contributed by atoms with Gasteiger partial charge in [-0.15, -0.1) is 5.10 Å². The molecule has 112 valence electrons. The predicted octanol–water partition coefficient (Wildman–Crippen LogP) is 0.503. The quantitative estimate of drug-likeness (QED) is 0.724. The van der Waals surface area contributed by atoms with E-state index in [9.17, 15) is 4.79 Å². The summed E-state index contributed by atoms with van der Waals surface area (Å²) in [6.45, 7) is 1.64. The van der Waals surface area contributed by atoms with Crippen molar-refractivity contribution in [3.05, 3.63) is 36.7 Å². The van der Waals surface area contributed by atoms with Crippen molar-refractivity contribution >= 4 is 17.5 Å². The van der Waals surface area contributed by atoms with Crippen LogP contribution in [0.4, 0.5) is 11.6 Å². The van der Waals surface area contributed by atoms with E-state index in [0.29, 0.717) is 6.54 Å². The summed E-state index contributed by atoms with van der Waals surface area (Å²) in [7, 11) is 2.04. The Kier molecular flexibility index (Phi) is 5.14. The van der Waals surface area contributed by atoms with E-state index in [4.69, 9.17) is 5.73 Å². The first-order chi connectivity index (χ1) is 10.1. The number of nitrogens with two attached hydrogens (primary N) is 1. The number of nitrogens with zero attached hydrogens (tertiary/aromatic N) is 4. The molecule has 0 aliphatic rings. The Balaban J connectivity index is 1.64. The fourth-order valence-electron chi connectivity index (χ4n) is 1.94. The maximum Gasteiger partial charge on any atom is 0.241 e. The first-order valence-electron chi connectivity index (χ1n) is 6.83. The molecule has 21 heavy (non-hydrogen) atoms. The average Bonchev–Trinajstić information content (AvgIpc) is 2.89. The lowest BCUT2D eigenvalue weighted by Gasteiger charge is -2.19. The molecule has 7 heteroatoms. The second-order valence-corrected chi connectivity index (χ2v) is 4.76. The highest BCUT2D eigenvalue weighted by molar-refractivity contribution is 5.75. The summed E-state index contributed by atoms with van der Waals surface area (Å²) in [5.74, 6) is 0.0783. The molecule has 7 nitrogen and oxygen atoms in total. The first-order valence-corrected chi connectivity index (χ1v) is 6.83. The highest BCUT2D eigenvalue weighted by atomic mass is 16.2. The maximum atomic E-state index is 11.7. The Morgan fingerprint density at radius 3 is 2.81 bits per heavy atom. The molecule has 3 N–H and O–H groups in total. The molecule has 0 radical (unpaired) electrons. The van der Waals surface area contributed by atoms with Gasteiger partial charge in [-0.05, 0) is 18.6 Å². The average molecular weight is 288 g/mol. The van der Waals surface area contributed by atoms with Crippen LogP contribution in [0.5, 0.6) is 0 Å². The van der Waals surface area contributed by atoms with Crippen molar-refractivity contribution in [1.29, 1.82) is 0 Å². The standard InChI is InChI=1S/C14H20N6O/c1-19(12-6-3-2-4-7-12)9-5-8-16-13(21)10-20-11-17-14(15)18-20/h2-4,6-7,11H,5,8-10H2,1H3,(H2,15,18)(H,16,21). The summed E-state index contributed by atoms with van der Waals surface area (Å²) in [6, 6.07) is 10.1. The summed E-state index contributed by atoms with van der Waals surface area (Å²) < 4.78 is 1.42. The highest BCUT2D eigenvalue weighted by Crippen LogP contribution is 2.10. The van der Waals surface area contributed by atoms with Crippen molar-refractivity contribution in [3.8, 4) is 0 Å². The Morgan fingerprint density at radius 1 is 1.38 bits per heavy atom. The van der Waals surface area contributed by atoms with E-state index in [1.165, 1.54) is 16.7 Å². The lowest BCUT2D eigenvalue weighted by atomic mass is 10.3. The van der Waals surface area contributed by atoms with Crippen LogP contribution in [0, 0.1) is 0 Å². The molecule has 0 unspecified atom stereocenters. The second kappa shape index (κ2) is 7.28. The monoisotopic (exact) mass is 288 g/mol. The van der Waals surface area contributed by atoms with Gasteiger partial charge in [0.15, 0.2) is 0 Å². The second-order valence-electron chi connectivity index (χ2n) is 4.76. The van der Waals surface area contributed by atoms with Crippen LogP contribution >= 0.6 is 0 Å². The summed E-state index contributed by atoms with van der Waals surface area (Å²) in [4.78, 5) is 17.6. The number of amides is 1. The van der Waals surface area contributed by atoms with E-state index in [1.807, 2.05) is 25.2 Å². The number of hydrogen-bond donors (Lipinski definition) is 2. The van der Waals surface area contributed by atoms with E-state index < -0.39 is 0 Å². The topological polar surface area (TPSA) is 89.1 Å². The van der Waals surface area contributed by atoms with Crippen LogP contribution in [0.15, 0.2) is 36.7 Å². The number of benzene rings is 1. The minimum Gasteiger partial charge on any atom is -0.375 e. The van der Waals surface area contributed by atoms with Crippen molar-refractivity contribution in [2.75, 3.05) is 30.8 Å². The maximum absolute atomic E-state index is 11.7. The van der Waals surface area contributed by atoms with E-state index in [0.717, 1.165) is 13.0 Å². The van der Waals surface area contributed by atoms with Crippen LogP contribution in [0.3, 0.4) is 0 Å². The van der Waals surface area contributed by atoms with Gasteiger partial charge >= 0.3 is 0 Å². The smallest absolute Gasteiger partial charge is 0.241 e. The van der Waals surface area contributed by atoms with Gasteiger partial charge in [-0.25, -0.2) is 9.67 Å². The normalized spacial score (nSPS) is 10.3. The molecule has 1 heterocycles. The van der Waals surface area contributed by atoms with Gasteiger partial charge in [-0.3, -0.25) is 4.79 Å². The number of aromatic nitrogens is 3. The summed E-state index contributed by atoms with van der Waals surface area (Å²) in [6.07, 6.45) is 2.31. The molecule has 0 atom stereocenters. The Hall–Kier alpha value is -2.57. The predicted molar refractivity (Wildman–Crippen MR) is 81.8 cm³/mol. The molecule has 2 rings (SSSR count).